The normalized spacial score (nSPS) is 13.8. The maximum atomic E-state index is 13.5. The summed E-state index contributed by atoms with van der Waals surface area (Å²) in [5.74, 6) is 4.38. The molecular formula is C10H11ClF4N2. The number of hydrogen-bond acceptors (Lipinski definition) is 2. The summed E-state index contributed by atoms with van der Waals surface area (Å²) < 4.78 is 49.7. The summed E-state index contributed by atoms with van der Waals surface area (Å²) in [5, 5.41) is -0.144. The SMILES string of the molecule is NNC(CCC(F)(F)F)c1cccc(Cl)c1F. The highest BCUT2D eigenvalue weighted by atomic mass is 35.5. The van der Waals surface area contributed by atoms with Crippen molar-refractivity contribution in [2.24, 2.45) is 5.84 Å². The van der Waals surface area contributed by atoms with Crippen LogP contribution in [0.25, 0.3) is 0 Å². The molecule has 0 aliphatic carbocycles. The molecule has 1 aromatic rings. The molecule has 3 N–H and O–H groups in total. The van der Waals surface area contributed by atoms with Crippen molar-refractivity contribution in [2.75, 3.05) is 0 Å². The highest BCUT2D eigenvalue weighted by Gasteiger charge is 2.29. The monoisotopic (exact) mass is 270 g/mol. The fraction of sp³-hybridized carbons (Fsp3) is 0.400. The number of halogens is 5. The molecule has 1 rings (SSSR count). The van der Waals surface area contributed by atoms with E-state index in [0.717, 1.165) is 0 Å². The molecule has 1 atom stereocenters. The van der Waals surface area contributed by atoms with E-state index in [2.05, 4.69) is 5.43 Å². The van der Waals surface area contributed by atoms with Crippen molar-refractivity contribution in [3.63, 3.8) is 0 Å². The maximum absolute atomic E-state index is 13.5. The zero-order valence-electron chi connectivity index (χ0n) is 8.69. The molecule has 0 saturated heterocycles. The molecule has 0 amide bonds. The Kier molecular flexibility index (Phi) is 4.73. The smallest absolute Gasteiger partial charge is 0.271 e. The van der Waals surface area contributed by atoms with Gasteiger partial charge in [0.1, 0.15) is 5.82 Å². The standard InChI is InChI=1S/C10H11ClF4N2/c11-7-3-1-2-6(9(7)12)8(17-16)4-5-10(13,14)15/h1-3,8,17H,4-5,16H2. The van der Waals surface area contributed by atoms with Crippen LogP contribution in [0.15, 0.2) is 18.2 Å². The predicted octanol–water partition coefficient (Wildman–Crippen LogP) is 3.33. The first-order chi connectivity index (χ1) is 7.85. The fourth-order valence-electron chi connectivity index (χ4n) is 1.43. The lowest BCUT2D eigenvalue weighted by Gasteiger charge is -2.18. The predicted molar refractivity (Wildman–Crippen MR) is 56.8 cm³/mol. The molecule has 0 aromatic heterocycles. The molecule has 0 fully saturated rings. The lowest BCUT2D eigenvalue weighted by atomic mass is 10.0. The highest BCUT2D eigenvalue weighted by Crippen LogP contribution is 2.30. The van der Waals surface area contributed by atoms with Gasteiger partial charge in [-0.1, -0.05) is 23.7 Å². The summed E-state index contributed by atoms with van der Waals surface area (Å²) in [5.41, 5.74) is 2.19. The topological polar surface area (TPSA) is 38.0 Å². The Labute approximate surface area is 101 Å². The number of nitrogens with two attached hydrogens (primary N) is 1. The molecule has 0 radical (unpaired) electrons. The van der Waals surface area contributed by atoms with E-state index in [1.807, 2.05) is 0 Å². The lowest BCUT2D eigenvalue weighted by molar-refractivity contribution is -0.136. The van der Waals surface area contributed by atoms with Gasteiger partial charge in [-0.2, -0.15) is 13.2 Å². The second kappa shape index (κ2) is 5.66. The molecule has 0 heterocycles. The van der Waals surface area contributed by atoms with Crippen LogP contribution in [0.2, 0.25) is 5.02 Å². The van der Waals surface area contributed by atoms with Gasteiger partial charge in [0.2, 0.25) is 0 Å². The van der Waals surface area contributed by atoms with E-state index in [1.54, 1.807) is 0 Å². The first kappa shape index (κ1) is 14.2. The molecule has 0 aliphatic rings. The molecule has 17 heavy (non-hydrogen) atoms. The second-order valence-electron chi connectivity index (χ2n) is 3.52. The van der Waals surface area contributed by atoms with Crippen molar-refractivity contribution in [3.8, 4) is 0 Å². The second-order valence-corrected chi connectivity index (χ2v) is 3.92. The van der Waals surface area contributed by atoms with Crippen molar-refractivity contribution in [1.82, 2.24) is 5.43 Å². The van der Waals surface area contributed by atoms with Crippen molar-refractivity contribution >= 4 is 11.6 Å². The Morgan fingerprint density at radius 3 is 2.53 bits per heavy atom. The lowest BCUT2D eigenvalue weighted by Crippen LogP contribution is -2.29. The van der Waals surface area contributed by atoms with Gasteiger partial charge in [0.25, 0.3) is 0 Å². The van der Waals surface area contributed by atoms with Crippen LogP contribution in [0.5, 0.6) is 0 Å². The molecule has 7 heteroatoms. The summed E-state index contributed by atoms with van der Waals surface area (Å²) in [6, 6.07) is 3.20. The van der Waals surface area contributed by atoms with Gasteiger partial charge >= 0.3 is 6.18 Å². The third-order valence-corrected chi connectivity index (χ3v) is 2.57. The molecule has 1 unspecified atom stereocenters. The number of rotatable bonds is 4. The van der Waals surface area contributed by atoms with Gasteiger partial charge < -0.3 is 0 Å². The molecule has 96 valence electrons. The number of alkyl halides is 3. The Balaban J connectivity index is 2.83. The van der Waals surface area contributed by atoms with E-state index >= 15 is 0 Å². The van der Waals surface area contributed by atoms with Crippen LogP contribution in [0, 0.1) is 5.82 Å². The summed E-state index contributed by atoms with van der Waals surface area (Å²) in [4.78, 5) is 0. The van der Waals surface area contributed by atoms with E-state index in [-0.39, 0.29) is 17.0 Å². The zero-order chi connectivity index (χ0) is 13.1. The molecular weight excluding hydrogens is 260 g/mol. The largest absolute Gasteiger partial charge is 0.389 e. The number of hydrogen-bond donors (Lipinski definition) is 2. The molecule has 0 aliphatic heterocycles. The van der Waals surface area contributed by atoms with Crippen LogP contribution < -0.4 is 11.3 Å². The summed E-state index contributed by atoms with van der Waals surface area (Å²) in [7, 11) is 0. The van der Waals surface area contributed by atoms with Gasteiger partial charge in [0, 0.05) is 18.0 Å². The quantitative estimate of drug-likeness (QED) is 0.500. The van der Waals surface area contributed by atoms with E-state index in [9.17, 15) is 17.6 Å². The van der Waals surface area contributed by atoms with Gasteiger partial charge in [0.15, 0.2) is 0 Å². The Hall–Kier alpha value is -0.850. The van der Waals surface area contributed by atoms with E-state index < -0.39 is 24.5 Å². The third kappa shape index (κ3) is 4.14. The molecule has 1 aromatic carbocycles. The minimum atomic E-state index is -4.30. The fourth-order valence-corrected chi connectivity index (χ4v) is 1.61. The first-order valence-electron chi connectivity index (χ1n) is 4.82. The van der Waals surface area contributed by atoms with Gasteiger partial charge in [-0.15, -0.1) is 0 Å². The molecule has 2 nitrogen and oxygen atoms in total. The van der Waals surface area contributed by atoms with Gasteiger partial charge in [-0.25, -0.2) is 4.39 Å². The number of nitrogens with one attached hydrogen (secondary N) is 1. The van der Waals surface area contributed by atoms with Gasteiger partial charge in [0.05, 0.1) is 5.02 Å². The number of benzene rings is 1. The Morgan fingerprint density at radius 1 is 1.35 bits per heavy atom. The zero-order valence-corrected chi connectivity index (χ0v) is 9.45. The van der Waals surface area contributed by atoms with Crippen molar-refractivity contribution in [1.29, 1.82) is 0 Å². The van der Waals surface area contributed by atoms with Crippen LogP contribution in [0.3, 0.4) is 0 Å². The third-order valence-electron chi connectivity index (χ3n) is 2.27. The van der Waals surface area contributed by atoms with E-state index in [0.29, 0.717) is 0 Å². The van der Waals surface area contributed by atoms with Gasteiger partial charge in [-0.05, 0) is 12.5 Å². The average molecular weight is 271 g/mol. The highest BCUT2D eigenvalue weighted by molar-refractivity contribution is 6.30. The minimum Gasteiger partial charge on any atom is -0.271 e. The van der Waals surface area contributed by atoms with Crippen LogP contribution in [0.4, 0.5) is 17.6 Å². The number of hydrazine groups is 1. The Bertz CT molecular complexity index is 381. The van der Waals surface area contributed by atoms with Crippen molar-refractivity contribution in [3.05, 3.63) is 34.6 Å². The maximum Gasteiger partial charge on any atom is 0.389 e. The van der Waals surface area contributed by atoms with Gasteiger partial charge in [-0.3, -0.25) is 11.3 Å². The summed E-state index contributed by atoms with van der Waals surface area (Å²) in [6.07, 6.45) is -5.70. The molecule has 0 saturated carbocycles. The average Bonchev–Trinajstić information content (AvgIpc) is 2.23. The van der Waals surface area contributed by atoms with Crippen LogP contribution in [-0.2, 0) is 0 Å². The van der Waals surface area contributed by atoms with Crippen molar-refractivity contribution < 1.29 is 17.6 Å². The van der Waals surface area contributed by atoms with Crippen LogP contribution in [-0.4, -0.2) is 6.18 Å². The summed E-state index contributed by atoms with van der Waals surface area (Å²) in [6.45, 7) is 0. The van der Waals surface area contributed by atoms with Crippen molar-refractivity contribution in [2.45, 2.75) is 25.1 Å². The minimum absolute atomic E-state index is 0.0317. The summed E-state index contributed by atoms with van der Waals surface area (Å²) >= 11 is 5.54. The molecule has 0 bridgehead atoms. The first-order valence-corrected chi connectivity index (χ1v) is 5.19. The molecule has 0 spiro atoms. The van der Waals surface area contributed by atoms with Crippen LogP contribution in [0.1, 0.15) is 24.4 Å². The Morgan fingerprint density at radius 2 is 2.00 bits per heavy atom. The van der Waals surface area contributed by atoms with E-state index in [4.69, 9.17) is 17.4 Å². The van der Waals surface area contributed by atoms with E-state index in [1.165, 1.54) is 18.2 Å². The van der Waals surface area contributed by atoms with Crippen LogP contribution >= 0.6 is 11.6 Å².